The smallest absolute Gasteiger partial charge is 0.281 e. The molecule has 0 fully saturated rings. The number of ether oxygens (including phenoxy) is 1. The van der Waals surface area contributed by atoms with Crippen molar-refractivity contribution >= 4 is 27.5 Å². The third-order valence-corrected chi connectivity index (χ3v) is 6.34. The number of nitrogens with one attached hydrogen (secondary N) is 1. The molecule has 7 heteroatoms. The monoisotopic (exact) mass is 417 g/mol. The van der Waals surface area contributed by atoms with Crippen LogP contribution in [0.3, 0.4) is 0 Å². The molecule has 1 amide bonds. The molecule has 150 valence electrons. The van der Waals surface area contributed by atoms with Crippen molar-refractivity contribution in [3.05, 3.63) is 81.7 Å². The maximum absolute atomic E-state index is 13.2. The Balaban J connectivity index is 1.48. The number of nitrogens with zero attached hydrogens (tertiary/aromatic N) is 2. The average Bonchev–Trinajstić information content (AvgIpc) is 3.12. The molecule has 1 N–H and O–H groups in total. The van der Waals surface area contributed by atoms with E-state index in [4.69, 9.17) is 4.74 Å². The summed E-state index contributed by atoms with van der Waals surface area (Å²) in [5.41, 5.74) is 5.25. The fourth-order valence-corrected chi connectivity index (χ4v) is 4.84. The number of carbonyl (C=O) groups is 1. The van der Waals surface area contributed by atoms with Gasteiger partial charge < -0.3 is 4.74 Å². The molecule has 1 unspecified atom stereocenters. The fraction of sp³-hybridized carbons (Fsp3) is 0.174. The Morgan fingerprint density at radius 3 is 2.77 bits per heavy atom. The van der Waals surface area contributed by atoms with E-state index in [-0.39, 0.29) is 24.0 Å². The molecule has 0 saturated carbocycles. The molecule has 0 bridgehead atoms. The molecule has 6 nitrogen and oxygen atoms in total. The summed E-state index contributed by atoms with van der Waals surface area (Å²) < 4.78 is 6.90. The lowest BCUT2D eigenvalue weighted by Gasteiger charge is -2.24. The highest BCUT2D eigenvalue weighted by Crippen LogP contribution is 2.35. The predicted octanol–water partition coefficient (Wildman–Crippen LogP) is 3.75. The topological polar surface area (TPSA) is 73.2 Å². The standard InChI is InChI=1S/C23H19N3O3S/c1-14-19(15-7-3-2-4-8-15)20-22(30-14)24-13-26(23(20)28)25-21(27)17-11-16-9-5-6-10-18(16)29-12-17/h2-10,13,17H,11-12H2,1H3,(H,25,27). The molecule has 3 heterocycles. The highest BCUT2D eigenvalue weighted by molar-refractivity contribution is 7.19. The van der Waals surface area contributed by atoms with Gasteiger partial charge in [0.1, 0.15) is 23.5 Å². The van der Waals surface area contributed by atoms with Crippen molar-refractivity contribution in [2.75, 3.05) is 12.0 Å². The number of aromatic nitrogens is 2. The first kappa shape index (κ1) is 18.6. The quantitative estimate of drug-likeness (QED) is 0.551. The van der Waals surface area contributed by atoms with E-state index < -0.39 is 0 Å². The molecule has 30 heavy (non-hydrogen) atoms. The zero-order valence-corrected chi connectivity index (χ0v) is 17.1. The maximum atomic E-state index is 13.2. The molecule has 0 aliphatic carbocycles. The molecular formula is C23H19N3O3S. The second-order valence-corrected chi connectivity index (χ2v) is 8.50. The summed E-state index contributed by atoms with van der Waals surface area (Å²) in [5.74, 6) is 0.171. The van der Waals surface area contributed by atoms with Crippen LogP contribution >= 0.6 is 11.3 Å². The number of benzene rings is 2. The number of fused-ring (bicyclic) bond motifs is 2. The van der Waals surface area contributed by atoms with E-state index in [1.807, 2.05) is 61.5 Å². The Morgan fingerprint density at radius 2 is 1.93 bits per heavy atom. The lowest BCUT2D eigenvalue weighted by molar-refractivity contribution is -0.122. The number of amides is 1. The largest absolute Gasteiger partial charge is 0.492 e. The third-order valence-electron chi connectivity index (χ3n) is 5.33. The van der Waals surface area contributed by atoms with Crippen LogP contribution in [-0.2, 0) is 11.2 Å². The van der Waals surface area contributed by atoms with Crippen LogP contribution in [-0.4, -0.2) is 22.2 Å². The lowest BCUT2D eigenvalue weighted by atomic mass is 9.96. The van der Waals surface area contributed by atoms with E-state index in [0.717, 1.165) is 27.3 Å². The molecule has 1 atom stereocenters. The van der Waals surface area contributed by atoms with E-state index in [1.54, 1.807) is 0 Å². The molecule has 4 aromatic rings. The fourth-order valence-electron chi connectivity index (χ4n) is 3.84. The molecular weight excluding hydrogens is 398 g/mol. The molecule has 5 rings (SSSR count). The van der Waals surface area contributed by atoms with Crippen molar-refractivity contribution in [3.63, 3.8) is 0 Å². The van der Waals surface area contributed by atoms with Gasteiger partial charge in [-0.3, -0.25) is 15.0 Å². The Hall–Kier alpha value is -3.45. The number of carbonyl (C=O) groups excluding carboxylic acids is 1. The summed E-state index contributed by atoms with van der Waals surface area (Å²) in [5, 5.41) is 0.525. The number of hydrogen-bond acceptors (Lipinski definition) is 5. The van der Waals surface area contributed by atoms with Gasteiger partial charge in [0.15, 0.2) is 0 Å². The van der Waals surface area contributed by atoms with E-state index in [1.165, 1.54) is 22.3 Å². The minimum Gasteiger partial charge on any atom is -0.492 e. The van der Waals surface area contributed by atoms with Gasteiger partial charge in [-0.1, -0.05) is 48.5 Å². The van der Waals surface area contributed by atoms with Gasteiger partial charge in [-0.05, 0) is 30.5 Å². The summed E-state index contributed by atoms with van der Waals surface area (Å²) in [7, 11) is 0. The number of hydrogen-bond donors (Lipinski definition) is 1. The molecule has 0 spiro atoms. The van der Waals surface area contributed by atoms with Gasteiger partial charge in [0.2, 0.25) is 5.91 Å². The summed E-state index contributed by atoms with van der Waals surface area (Å²) in [6.45, 7) is 2.26. The first-order valence-corrected chi connectivity index (χ1v) is 10.5. The molecule has 0 saturated heterocycles. The van der Waals surface area contributed by atoms with Gasteiger partial charge in [-0.15, -0.1) is 11.3 Å². The number of rotatable bonds is 3. The summed E-state index contributed by atoms with van der Waals surface area (Å²) in [6.07, 6.45) is 1.95. The van der Waals surface area contributed by atoms with Gasteiger partial charge in [0.05, 0.1) is 11.3 Å². The van der Waals surface area contributed by atoms with Crippen LogP contribution in [0.25, 0.3) is 21.3 Å². The summed E-state index contributed by atoms with van der Waals surface area (Å²) in [6, 6.07) is 17.5. The highest BCUT2D eigenvalue weighted by Gasteiger charge is 2.26. The summed E-state index contributed by atoms with van der Waals surface area (Å²) in [4.78, 5) is 32.2. The van der Waals surface area contributed by atoms with Crippen molar-refractivity contribution in [1.29, 1.82) is 0 Å². The number of thiophene rings is 1. The minimum atomic E-state index is -0.375. The van der Waals surface area contributed by atoms with E-state index in [0.29, 0.717) is 16.6 Å². The average molecular weight is 417 g/mol. The highest BCUT2D eigenvalue weighted by atomic mass is 32.1. The van der Waals surface area contributed by atoms with E-state index in [2.05, 4.69) is 10.4 Å². The second-order valence-electron chi connectivity index (χ2n) is 7.29. The minimum absolute atomic E-state index is 0.263. The maximum Gasteiger partial charge on any atom is 0.281 e. The van der Waals surface area contributed by atoms with Crippen molar-refractivity contribution in [2.45, 2.75) is 13.3 Å². The van der Waals surface area contributed by atoms with Crippen LogP contribution < -0.4 is 15.7 Å². The van der Waals surface area contributed by atoms with Crippen LogP contribution in [0.4, 0.5) is 0 Å². The number of aryl methyl sites for hydroxylation is 1. The molecule has 1 aliphatic heterocycles. The molecule has 2 aromatic heterocycles. The second kappa shape index (κ2) is 7.42. The first-order chi connectivity index (χ1) is 14.6. The number of para-hydroxylation sites is 1. The Labute approximate surface area is 176 Å². The zero-order chi connectivity index (χ0) is 20.7. The SMILES string of the molecule is Cc1sc2ncn(NC(=O)C3COc4ccccc4C3)c(=O)c2c1-c1ccccc1. The van der Waals surface area contributed by atoms with E-state index in [9.17, 15) is 9.59 Å². The van der Waals surface area contributed by atoms with Crippen molar-refractivity contribution in [1.82, 2.24) is 9.66 Å². The predicted molar refractivity (Wildman–Crippen MR) is 118 cm³/mol. The van der Waals surface area contributed by atoms with Gasteiger partial charge in [-0.2, -0.15) is 0 Å². The van der Waals surface area contributed by atoms with Crippen LogP contribution in [0.15, 0.2) is 65.7 Å². The third kappa shape index (κ3) is 3.17. The van der Waals surface area contributed by atoms with Crippen LogP contribution in [0, 0.1) is 12.8 Å². The summed E-state index contributed by atoms with van der Waals surface area (Å²) >= 11 is 1.48. The first-order valence-electron chi connectivity index (χ1n) is 9.69. The lowest BCUT2D eigenvalue weighted by Crippen LogP contribution is -2.40. The molecule has 1 aliphatic rings. The zero-order valence-electron chi connectivity index (χ0n) is 16.3. The van der Waals surface area contributed by atoms with Crippen molar-refractivity contribution in [2.24, 2.45) is 5.92 Å². The van der Waals surface area contributed by atoms with Gasteiger partial charge in [0.25, 0.3) is 5.56 Å². The van der Waals surface area contributed by atoms with Crippen LogP contribution in [0.1, 0.15) is 10.4 Å². The molecule has 2 aromatic carbocycles. The van der Waals surface area contributed by atoms with Crippen LogP contribution in [0.2, 0.25) is 0 Å². The normalized spacial score (nSPS) is 15.4. The van der Waals surface area contributed by atoms with Crippen molar-refractivity contribution < 1.29 is 9.53 Å². The van der Waals surface area contributed by atoms with Gasteiger partial charge >= 0.3 is 0 Å². The van der Waals surface area contributed by atoms with Crippen LogP contribution in [0.5, 0.6) is 5.75 Å². The van der Waals surface area contributed by atoms with Crippen molar-refractivity contribution in [3.8, 4) is 16.9 Å². The van der Waals surface area contributed by atoms with Gasteiger partial charge in [0, 0.05) is 10.4 Å². The van der Waals surface area contributed by atoms with E-state index >= 15 is 0 Å². The Morgan fingerprint density at radius 1 is 1.17 bits per heavy atom. The molecule has 0 radical (unpaired) electrons. The Kier molecular flexibility index (Phi) is 4.59. The Bertz CT molecular complexity index is 1310. The van der Waals surface area contributed by atoms with Gasteiger partial charge in [-0.25, -0.2) is 9.66 Å².